The third-order valence-electron chi connectivity index (χ3n) is 2.96. The molecule has 1 aliphatic rings. The van der Waals surface area contributed by atoms with Crippen LogP contribution in [0.1, 0.15) is 18.9 Å². The Hall–Kier alpha value is -1.10. The molecule has 92 valence electrons. The van der Waals surface area contributed by atoms with Gasteiger partial charge in [-0.1, -0.05) is 25.2 Å². The fourth-order valence-corrected chi connectivity index (χ4v) is 2.24. The van der Waals surface area contributed by atoms with Crippen LogP contribution in [0, 0.1) is 5.92 Å². The number of halogens is 3. The van der Waals surface area contributed by atoms with E-state index in [1.165, 1.54) is 6.07 Å². The maximum absolute atomic E-state index is 12.6. The van der Waals surface area contributed by atoms with E-state index in [-0.39, 0.29) is 5.92 Å². The highest BCUT2D eigenvalue weighted by atomic mass is 32.1. The molecular formula is C12H12F3NS. The van der Waals surface area contributed by atoms with Crippen molar-refractivity contribution >= 4 is 22.9 Å². The van der Waals surface area contributed by atoms with Crippen LogP contribution in [0.2, 0.25) is 0 Å². The molecule has 0 aromatic heterocycles. The summed E-state index contributed by atoms with van der Waals surface area (Å²) in [6.45, 7) is 2.69. The average molecular weight is 259 g/mol. The second-order valence-electron chi connectivity index (χ2n) is 4.23. The van der Waals surface area contributed by atoms with Crippen LogP contribution in [0.25, 0.3) is 0 Å². The van der Waals surface area contributed by atoms with Gasteiger partial charge in [-0.3, -0.25) is 0 Å². The van der Waals surface area contributed by atoms with E-state index in [9.17, 15) is 13.2 Å². The number of hydrogen-bond acceptors (Lipinski definition) is 1. The molecule has 0 bridgehead atoms. The lowest BCUT2D eigenvalue weighted by atomic mass is 10.1. The molecule has 1 fully saturated rings. The highest BCUT2D eigenvalue weighted by Crippen LogP contribution is 2.33. The smallest absolute Gasteiger partial charge is 0.336 e. The largest absolute Gasteiger partial charge is 0.416 e. The highest BCUT2D eigenvalue weighted by molar-refractivity contribution is 7.80. The predicted molar refractivity (Wildman–Crippen MR) is 65.2 cm³/mol. The van der Waals surface area contributed by atoms with Crippen LogP contribution in [0.3, 0.4) is 0 Å². The van der Waals surface area contributed by atoms with Gasteiger partial charge in [0, 0.05) is 18.2 Å². The molecule has 1 nitrogen and oxygen atoms in total. The molecule has 1 unspecified atom stereocenters. The summed E-state index contributed by atoms with van der Waals surface area (Å²) < 4.78 is 37.7. The summed E-state index contributed by atoms with van der Waals surface area (Å²) in [5.74, 6) is 0.263. The molecule has 0 amide bonds. The maximum Gasteiger partial charge on any atom is 0.416 e. The van der Waals surface area contributed by atoms with Crippen molar-refractivity contribution in [2.24, 2.45) is 5.92 Å². The second kappa shape index (κ2) is 4.29. The Labute approximate surface area is 103 Å². The molecule has 0 saturated carbocycles. The molecule has 1 aromatic rings. The molecule has 5 heteroatoms. The normalized spacial score (nSPS) is 21.1. The molecule has 0 N–H and O–H groups in total. The minimum Gasteiger partial charge on any atom is -0.336 e. The van der Waals surface area contributed by atoms with Gasteiger partial charge in [0.1, 0.15) is 0 Å². The van der Waals surface area contributed by atoms with Crippen molar-refractivity contribution in [2.75, 3.05) is 11.4 Å². The van der Waals surface area contributed by atoms with Crippen molar-refractivity contribution in [2.45, 2.75) is 19.5 Å². The van der Waals surface area contributed by atoms with Gasteiger partial charge in [-0.25, -0.2) is 0 Å². The van der Waals surface area contributed by atoms with Crippen molar-refractivity contribution < 1.29 is 13.2 Å². The Balaban J connectivity index is 2.31. The Kier molecular flexibility index (Phi) is 3.12. The summed E-state index contributed by atoms with van der Waals surface area (Å²) in [4.78, 5) is 2.51. The fourth-order valence-electron chi connectivity index (χ4n) is 1.93. The lowest BCUT2D eigenvalue weighted by Gasteiger charge is -2.20. The molecule has 0 spiro atoms. The van der Waals surface area contributed by atoms with Crippen molar-refractivity contribution in [3.63, 3.8) is 0 Å². The first-order valence-corrected chi connectivity index (χ1v) is 5.79. The van der Waals surface area contributed by atoms with Crippen LogP contribution < -0.4 is 4.90 Å². The zero-order valence-electron chi connectivity index (χ0n) is 9.29. The highest BCUT2D eigenvalue weighted by Gasteiger charge is 2.32. The SMILES string of the molecule is CC1CCN(c2cccc(C(F)(F)F)c2)C1=S. The average Bonchev–Trinajstić information content (AvgIpc) is 2.59. The minimum absolute atomic E-state index is 0.263. The number of hydrogen-bond donors (Lipinski definition) is 0. The van der Waals surface area contributed by atoms with Crippen LogP contribution in [-0.2, 0) is 6.18 Å². The quantitative estimate of drug-likeness (QED) is 0.704. The van der Waals surface area contributed by atoms with E-state index in [4.69, 9.17) is 12.2 Å². The van der Waals surface area contributed by atoms with Crippen molar-refractivity contribution in [1.82, 2.24) is 0 Å². The van der Waals surface area contributed by atoms with Crippen molar-refractivity contribution in [3.8, 4) is 0 Å². The summed E-state index contributed by atoms with van der Waals surface area (Å²) in [7, 11) is 0. The van der Waals surface area contributed by atoms with Gasteiger partial charge >= 0.3 is 6.18 Å². The minimum atomic E-state index is -4.30. The Morgan fingerprint density at radius 2 is 2.06 bits per heavy atom. The zero-order valence-corrected chi connectivity index (χ0v) is 10.1. The van der Waals surface area contributed by atoms with E-state index in [1.807, 2.05) is 6.92 Å². The van der Waals surface area contributed by atoms with E-state index in [0.29, 0.717) is 12.2 Å². The third kappa shape index (κ3) is 2.44. The number of benzene rings is 1. The molecule has 1 aliphatic heterocycles. The van der Waals surface area contributed by atoms with Gasteiger partial charge < -0.3 is 4.90 Å². The molecule has 1 heterocycles. The number of rotatable bonds is 1. The van der Waals surface area contributed by atoms with Crippen LogP contribution >= 0.6 is 12.2 Å². The van der Waals surface area contributed by atoms with Gasteiger partial charge in [-0.15, -0.1) is 0 Å². The van der Waals surface area contributed by atoms with Gasteiger partial charge in [0.15, 0.2) is 0 Å². The predicted octanol–water partition coefficient (Wildman–Crippen LogP) is 3.88. The summed E-state index contributed by atoms with van der Waals surface area (Å²) in [6, 6.07) is 5.32. The Morgan fingerprint density at radius 3 is 2.59 bits per heavy atom. The molecule has 0 radical (unpaired) electrons. The zero-order chi connectivity index (χ0) is 12.6. The van der Waals surface area contributed by atoms with Gasteiger partial charge in [0.2, 0.25) is 0 Å². The Morgan fingerprint density at radius 1 is 1.35 bits per heavy atom. The number of anilines is 1. The van der Waals surface area contributed by atoms with Crippen LogP contribution in [0.15, 0.2) is 24.3 Å². The van der Waals surface area contributed by atoms with Crippen molar-refractivity contribution in [1.29, 1.82) is 0 Å². The van der Waals surface area contributed by atoms with E-state index < -0.39 is 11.7 Å². The molecule has 1 saturated heterocycles. The van der Waals surface area contributed by atoms with Crippen LogP contribution in [0.4, 0.5) is 18.9 Å². The summed E-state index contributed by atoms with van der Waals surface area (Å²) in [5.41, 5.74) is -0.0912. The summed E-state index contributed by atoms with van der Waals surface area (Å²) in [5, 5.41) is 0. The fraction of sp³-hybridized carbons (Fsp3) is 0.417. The van der Waals surface area contributed by atoms with E-state index in [1.54, 1.807) is 11.0 Å². The summed E-state index contributed by atoms with van der Waals surface area (Å²) >= 11 is 5.23. The van der Waals surface area contributed by atoms with Gasteiger partial charge in [-0.05, 0) is 24.6 Å². The molecule has 0 aliphatic carbocycles. The molecular weight excluding hydrogens is 247 g/mol. The molecule has 17 heavy (non-hydrogen) atoms. The number of alkyl halides is 3. The molecule has 1 atom stereocenters. The molecule has 2 rings (SSSR count). The monoisotopic (exact) mass is 259 g/mol. The summed E-state index contributed by atoms with van der Waals surface area (Å²) in [6.07, 6.45) is -3.40. The second-order valence-corrected chi connectivity index (χ2v) is 4.65. The topological polar surface area (TPSA) is 3.24 Å². The van der Waals surface area contributed by atoms with Gasteiger partial charge in [0.05, 0.1) is 10.6 Å². The first kappa shape index (κ1) is 12.4. The number of nitrogens with zero attached hydrogens (tertiary/aromatic N) is 1. The maximum atomic E-state index is 12.6. The first-order chi connectivity index (χ1) is 7.89. The third-order valence-corrected chi connectivity index (χ3v) is 3.58. The number of thiocarbonyl (C=S) groups is 1. The van der Waals surface area contributed by atoms with Gasteiger partial charge in [-0.2, -0.15) is 13.2 Å². The standard InChI is InChI=1S/C12H12F3NS/c1-8-5-6-16(11(8)17)10-4-2-3-9(7-10)12(13,14)15/h2-4,7-8H,5-6H2,1H3. The van der Waals surface area contributed by atoms with Crippen LogP contribution in [-0.4, -0.2) is 11.5 Å². The van der Waals surface area contributed by atoms with Gasteiger partial charge in [0.25, 0.3) is 0 Å². The van der Waals surface area contributed by atoms with E-state index in [0.717, 1.165) is 23.5 Å². The van der Waals surface area contributed by atoms with E-state index >= 15 is 0 Å². The lowest BCUT2D eigenvalue weighted by Crippen LogP contribution is -2.24. The molecule has 1 aromatic carbocycles. The van der Waals surface area contributed by atoms with Crippen LogP contribution in [0.5, 0.6) is 0 Å². The Bertz CT molecular complexity index is 442. The first-order valence-electron chi connectivity index (χ1n) is 5.38. The van der Waals surface area contributed by atoms with Crippen molar-refractivity contribution in [3.05, 3.63) is 29.8 Å². The lowest BCUT2D eigenvalue weighted by molar-refractivity contribution is -0.137. The van der Waals surface area contributed by atoms with E-state index in [2.05, 4.69) is 0 Å².